The van der Waals surface area contributed by atoms with Crippen molar-refractivity contribution in [1.29, 1.82) is 0 Å². The van der Waals surface area contributed by atoms with Crippen molar-refractivity contribution >= 4 is 65.0 Å². The molecule has 10 amide bonds. The minimum absolute atomic E-state index is 0.0567. The molecule has 10 atom stereocenters. The van der Waals surface area contributed by atoms with Crippen LogP contribution in [0.3, 0.4) is 0 Å². The summed E-state index contributed by atoms with van der Waals surface area (Å²) < 4.78 is 0. The van der Waals surface area contributed by atoms with Gasteiger partial charge in [-0.05, 0) is 143 Å². The summed E-state index contributed by atoms with van der Waals surface area (Å²) in [5.41, 5.74) is 28.1. The van der Waals surface area contributed by atoms with Crippen LogP contribution in [0.15, 0.2) is 0 Å². The number of carboxylic acid groups (broad SMARTS) is 1. The molecule has 29 heteroatoms. The Morgan fingerprint density at radius 1 is 0.481 bits per heavy atom. The third-order valence-electron chi connectivity index (χ3n) is 13.2. The molecule has 0 radical (unpaired) electrons. The topological polar surface area (TPSA) is 481 Å². The van der Waals surface area contributed by atoms with E-state index in [1.165, 1.54) is 23.6 Å². The molecule has 21 N–H and O–H groups in total. The van der Waals surface area contributed by atoms with Crippen molar-refractivity contribution in [2.45, 2.75) is 177 Å². The zero-order chi connectivity index (χ0) is 57.6. The summed E-state index contributed by atoms with van der Waals surface area (Å²) >= 11 is 0. The normalized spacial score (nSPS) is 18.2. The first-order chi connectivity index (χ1) is 36.7. The lowest BCUT2D eigenvalue weighted by Gasteiger charge is -2.31. The number of aliphatic carboxylic acids is 1. The van der Waals surface area contributed by atoms with E-state index in [9.17, 15) is 68.1 Å². The van der Waals surface area contributed by atoms with Crippen LogP contribution in [0.25, 0.3) is 0 Å². The maximum atomic E-state index is 14.0. The molecule has 0 aromatic rings. The number of hydrogen-bond donors (Lipinski definition) is 16. The second-order valence-electron chi connectivity index (χ2n) is 19.4. The van der Waals surface area contributed by atoms with Crippen molar-refractivity contribution in [3.05, 3.63) is 0 Å². The Morgan fingerprint density at radius 2 is 0.870 bits per heavy atom. The van der Waals surface area contributed by atoms with E-state index < -0.39 is 145 Å². The van der Waals surface area contributed by atoms with Crippen LogP contribution < -0.4 is 71.2 Å². The summed E-state index contributed by atoms with van der Waals surface area (Å²) in [5.74, 6) is -8.73. The summed E-state index contributed by atoms with van der Waals surface area (Å²) in [4.78, 5) is 149. The van der Waals surface area contributed by atoms with Crippen LogP contribution in [-0.4, -0.2) is 210 Å². The summed E-state index contributed by atoms with van der Waals surface area (Å²) in [7, 11) is 0. The van der Waals surface area contributed by atoms with Crippen molar-refractivity contribution in [3.63, 3.8) is 0 Å². The van der Waals surface area contributed by atoms with Crippen LogP contribution in [0.4, 0.5) is 0 Å². The molecule has 2 saturated heterocycles. The molecule has 29 nitrogen and oxygen atoms in total. The Hall–Kier alpha value is -6.11. The predicted octanol–water partition coefficient (Wildman–Crippen LogP) is -6.57. The molecular formula is C48H87N15O14. The highest BCUT2D eigenvalue weighted by Crippen LogP contribution is 2.22. The molecule has 2 heterocycles. The maximum absolute atomic E-state index is 14.0. The molecule has 2 aliphatic heterocycles. The molecule has 2 fully saturated rings. The first-order valence-corrected chi connectivity index (χ1v) is 26.7. The molecule has 0 unspecified atom stereocenters. The lowest BCUT2D eigenvalue weighted by Crippen LogP contribution is -2.59. The summed E-state index contributed by atoms with van der Waals surface area (Å²) in [6, 6.07) is -12.0. The van der Waals surface area contributed by atoms with Gasteiger partial charge in [-0.1, -0.05) is 0 Å². The van der Waals surface area contributed by atoms with E-state index in [-0.39, 0.29) is 71.2 Å². The van der Waals surface area contributed by atoms with Gasteiger partial charge in [-0.2, -0.15) is 0 Å². The largest absolute Gasteiger partial charge is 0.480 e. The van der Waals surface area contributed by atoms with Gasteiger partial charge in [0.25, 0.3) is 0 Å². The third kappa shape index (κ3) is 22.8. The number of carbonyl (C=O) groups is 11. The third-order valence-corrected chi connectivity index (χ3v) is 13.2. The molecule has 0 aliphatic carbocycles. The van der Waals surface area contributed by atoms with E-state index in [2.05, 4.69) is 42.5 Å². The van der Waals surface area contributed by atoms with Gasteiger partial charge in [0, 0.05) is 13.1 Å². The van der Waals surface area contributed by atoms with Gasteiger partial charge in [-0.25, -0.2) is 4.79 Å². The van der Waals surface area contributed by atoms with Crippen molar-refractivity contribution in [2.24, 2.45) is 28.7 Å². The summed E-state index contributed by atoms with van der Waals surface area (Å²) in [6.07, 6.45) is 5.17. The van der Waals surface area contributed by atoms with E-state index in [4.69, 9.17) is 28.7 Å². The fourth-order valence-electron chi connectivity index (χ4n) is 8.79. The SMILES string of the molecule is C[C@H](NC(=O)[C@@H](N)CO)C(=O)N1CCC[C@H]1C(=O)N[C@@H](C)C(=O)N1CCC[C@H]1C(=O)N[C@@H](CCCCN)C(=O)N[C@@H](CCCCN)C(=O)NCC(=O)N[C@@H](CO)C(=O)N[C@@H](CCCCN)C(=O)N[C@@H](CCCCN)C(=O)O. The molecular weight excluding hydrogens is 1010 g/mol. The van der Waals surface area contributed by atoms with Crippen molar-refractivity contribution in [3.8, 4) is 0 Å². The number of rotatable bonds is 37. The minimum atomic E-state index is -1.61. The zero-order valence-electron chi connectivity index (χ0n) is 44.6. The predicted molar refractivity (Wildman–Crippen MR) is 279 cm³/mol. The second kappa shape index (κ2) is 36.1. The molecule has 438 valence electrons. The van der Waals surface area contributed by atoms with Crippen LogP contribution >= 0.6 is 0 Å². The Morgan fingerprint density at radius 3 is 1.30 bits per heavy atom. The number of nitrogens with two attached hydrogens (primary N) is 5. The van der Waals surface area contributed by atoms with E-state index >= 15 is 0 Å². The van der Waals surface area contributed by atoms with Gasteiger partial charge < -0.3 is 96.3 Å². The van der Waals surface area contributed by atoms with Gasteiger partial charge in [0.1, 0.15) is 60.4 Å². The standard InChI is InChI=1S/C48H87N15O14/c1-28(55-39(67)30(53)26-64)46(74)62-23-11-17-36(62)44(72)56-29(2)47(75)63-24-12-18-37(63)45(73)60-33(15-5-9-21-51)41(69)58-31(13-3-7-19-49)40(68)54-25-38(66)57-35(27-65)43(71)59-32(14-4-8-20-50)42(70)61-34(48(76)77)16-6-10-22-52/h28-37,64-65H,3-27,49-53H2,1-2H3,(H,54,68)(H,55,67)(H,56,72)(H,57,66)(H,58,69)(H,59,71)(H,60,73)(H,61,70)(H,76,77)/t28-,29-,30-,31-,32-,33-,34-,35-,36-,37-/m0/s1. The van der Waals surface area contributed by atoms with Crippen LogP contribution in [0, 0.1) is 0 Å². The van der Waals surface area contributed by atoms with Crippen molar-refractivity contribution in [1.82, 2.24) is 52.3 Å². The summed E-state index contributed by atoms with van der Waals surface area (Å²) in [5, 5.41) is 49.0. The van der Waals surface area contributed by atoms with Gasteiger partial charge in [0.15, 0.2) is 0 Å². The van der Waals surface area contributed by atoms with E-state index in [1.54, 1.807) is 0 Å². The van der Waals surface area contributed by atoms with E-state index in [0.29, 0.717) is 70.8 Å². The van der Waals surface area contributed by atoms with Gasteiger partial charge in [0.05, 0.1) is 19.8 Å². The fraction of sp³-hybridized carbons (Fsp3) is 0.771. The second-order valence-corrected chi connectivity index (χ2v) is 19.4. The Labute approximate surface area is 449 Å². The minimum Gasteiger partial charge on any atom is -0.480 e. The number of nitrogens with one attached hydrogen (secondary N) is 8. The van der Waals surface area contributed by atoms with Crippen LogP contribution in [0.1, 0.15) is 117 Å². The lowest BCUT2D eigenvalue weighted by atomic mass is 10.0. The Balaban J connectivity index is 2.14. The number of carboxylic acids is 1. The van der Waals surface area contributed by atoms with E-state index in [0.717, 1.165) is 0 Å². The number of likely N-dealkylation sites (tertiary alicyclic amines) is 2. The quantitative estimate of drug-likeness (QED) is 0.0257. The monoisotopic (exact) mass is 1100 g/mol. The van der Waals surface area contributed by atoms with Crippen molar-refractivity contribution in [2.75, 3.05) is 59.0 Å². The number of carbonyl (C=O) groups excluding carboxylic acids is 10. The highest BCUT2D eigenvalue weighted by Gasteiger charge is 2.41. The molecule has 0 saturated carbocycles. The average Bonchev–Trinajstić information content (AvgIpc) is 4.11. The molecule has 2 aliphatic rings. The smallest absolute Gasteiger partial charge is 0.326 e. The van der Waals surface area contributed by atoms with Crippen LogP contribution in [0.2, 0.25) is 0 Å². The molecule has 2 rings (SSSR count). The van der Waals surface area contributed by atoms with Crippen molar-refractivity contribution < 1.29 is 68.1 Å². The summed E-state index contributed by atoms with van der Waals surface area (Å²) in [6.45, 7) is 2.09. The highest BCUT2D eigenvalue weighted by atomic mass is 16.4. The van der Waals surface area contributed by atoms with Crippen LogP contribution in [-0.2, 0) is 52.7 Å². The highest BCUT2D eigenvalue weighted by molar-refractivity contribution is 5.98. The van der Waals surface area contributed by atoms with Gasteiger partial charge in [-0.3, -0.25) is 47.9 Å². The number of aliphatic hydroxyl groups excluding tert-OH is 2. The van der Waals surface area contributed by atoms with E-state index in [1.807, 2.05) is 0 Å². The molecule has 0 aromatic carbocycles. The zero-order valence-corrected chi connectivity index (χ0v) is 44.6. The number of nitrogens with zero attached hydrogens (tertiary/aromatic N) is 2. The number of unbranched alkanes of at least 4 members (excludes halogenated alkanes) is 4. The van der Waals surface area contributed by atoms with Crippen LogP contribution in [0.5, 0.6) is 0 Å². The first kappa shape index (κ1) is 67.0. The number of amides is 10. The maximum Gasteiger partial charge on any atom is 0.326 e. The molecule has 0 bridgehead atoms. The fourth-order valence-corrected chi connectivity index (χ4v) is 8.79. The number of aliphatic hydroxyl groups is 2. The molecule has 0 aromatic heterocycles. The lowest BCUT2D eigenvalue weighted by molar-refractivity contribution is -0.144. The molecule has 77 heavy (non-hydrogen) atoms. The first-order valence-electron chi connectivity index (χ1n) is 26.7. The van der Waals surface area contributed by atoms with Gasteiger partial charge in [0.2, 0.25) is 59.1 Å². The number of hydrogen-bond acceptors (Lipinski definition) is 18. The Kier molecular flexibility index (Phi) is 31.4. The average molecular weight is 1100 g/mol. The Bertz CT molecular complexity index is 1970. The van der Waals surface area contributed by atoms with Gasteiger partial charge in [-0.15, -0.1) is 0 Å². The molecule has 0 spiro atoms. The van der Waals surface area contributed by atoms with Gasteiger partial charge >= 0.3 is 5.97 Å².